The Balaban J connectivity index is 2.73. The van der Waals surface area contributed by atoms with Crippen molar-refractivity contribution >= 4 is 14.9 Å². The van der Waals surface area contributed by atoms with Gasteiger partial charge in [-0.2, -0.15) is 0 Å². The second-order valence-electron chi connectivity index (χ2n) is 5.30. The van der Waals surface area contributed by atoms with Crippen LogP contribution in [0.2, 0.25) is 11.1 Å². The highest BCUT2D eigenvalue weighted by Crippen LogP contribution is 2.23. The van der Waals surface area contributed by atoms with Crippen molar-refractivity contribution in [3.63, 3.8) is 0 Å². The zero-order valence-electron chi connectivity index (χ0n) is 11.0. The van der Waals surface area contributed by atoms with Gasteiger partial charge < -0.3 is 0 Å². The van der Waals surface area contributed by atoms with E-state index in [-0.39, 0.29) is 0 Å². The molecule has 0 radical (unpaired) electrons. The molecule has 0 aliphatic rings. The monoisotopic (exact) mass is 232 g/mol. The first-order valence-electron chi connectivity index (χ1n) is 6.26. The molecule has 1 heteroatoms. The van der Waals surface area contributed by atoms with E-state index >= 15 is 0 Å². The lowest BCUT2D eigenvalue weighted by Crippen LogP contribution is -2.24. The molecule has 1 rings (SSSR count). The van der Waals surface area contributed by atoms with Gasteiger partial charge in [-0.05, 0) is 11.6 Å². The van der Waals surface area contributed by atoms with Crippen LogP contribution in [0, 0.1) is 0 Å². The summed E-state index contributed by atoms with van der Waals surface area (Å²) in [4.78, 5) is 0. The van der Waals surface area contributed by atoms with E-state index < -0.39 is 8.80 Å². The van der Waals surface area contributed by atoms with Gasteiger partial charge in [0.15, 0.2) is 0 Å². The van der Waals surface area contributed by atoms with Crippen molar-refractivity contribution in [2.45, 2.75) is 44.8 Å². The van der Waals surface area contributed by atoms with E-state index in [0.717, 1.165) is 11.1 Å². The van der Waals surface area contributed by atoms with Crippen molar-refractivity contribution in [3.8, 4) is 0 Å². The summed E-state index contributed by atoms with van der Waals surface area (Å²) in [5.74, 6) is 0. The number of hydrogen-bond donors (Lipinski definition) is 0. The highest BCUT2D eigenvalue weighted by atomic mass is 28.3. The molecule has 0 saturated carbocycles. The van der Waals surface area contributed by atoms with Gasteiger partial charge >= 0.3 is 0 Å². The van der Waals surface area contributed by atoms with Crippen LogP contribution in [0.25, 0.3) is 6.08 Å². The zero-order chi connectivity index (χ0) is 12.1. The Hall–Kier alpha value is -0.823. The molecule has 1 aromatic carbocycles. The third-order valence-electron chi connectivity index (χ3n) is 3.40. The van der Waals surface area contributed by atoms with Gasteiger partial charge in [-0.15, -0.1) is 0 Å². The third-order valence-corrected chi connectivity index (χ3v) is 7.77. The van der Waals surface area contributed by atoms with Gasteiger partial charge in [0.1, 0.15) is 0 Å². The van der Waals surface area contributed by atoms with Crippen LogP contribution in [-0.4, -0.2) is 8.80 Å². The number of benzene rings is 1. The van der Waals surface area contributed by atoms with Crippen LogP contribution in [0.4, 0.5) is 0 Å². The van der Waals surface area contributed by atoms with Crippen LogP contribution >= 0.6 is 0 Å². The van der Waals surface area contributed by atoms with Gasteiger partial charge in [-0.1, -0.05) is 81.3 Å². The number of rotatable bonds is 5. The molecule has 0 aliphatic heterocycles. The smallest absolute Gasteiger partial charge is 0.0464 e. The van der Waals surface area contributed by atoms with Gasteiger partial charge in [0.2, 0.25) is 0 Å². The minimum Gasteiger partial charge on any atom is -0.0985 e. The van der Waals surface area contributed by atoms with Crippen molar-refractivity contribution in [1.82, 2.24) is 0 Å². The molecule has 0 bridgehead atoms. The maximum Gasteiger partial charge on any atom is 0.0464 e. The van der Waals surface area contributed by atoms with Gasteiger partial charge in [0.25, 0.3) is 0 Å². The van der Waals surface area contributed by atoms with Gasteiger partial charge in [0.05, 0.1) is 0 Å². The first-order chi connectivity index (χ1) is 7.54. The molecule has 0 amide bonds. The fraction of sp³-hybridized carbons (Fsp3) is 0.467. The lowest BCUT2D eigenvalue weighted by molar-refractivity contribution is 0.919. The van der Waals surface area contributed by atoms with Gasteiger partial charge in [0, 0.05) is 8.80 Å². The molecule has 0 nitrogen and oxygen atoms in total. The lowest BCUT2D eigenvalue weighted by Gasteiger charge is -2.23. The Morgan fingerprint density at radius 3 is 1.94 bits per heavy atom. The molecule has 0 unspecified atom stereocenters. The average molecular weight is 232 g/mol. The molecule has 16 heavy (non-hydrogen) atoms. The van der Waals surface area contributed by atoms with E-state index in [1.165, 1.54) is 17.2 Å². The predicted octanol–water partition coefficient (Wildman–Crippen LogP) is 4.46. The van der Waals surface area contributed by atoms with Crippen molar-refractivity contribution in [3.05, 3.63) is 42.0 Å². The van der Waals surface area contributed by atoms with Crippen LogP contribution < -0.4 is 0 Å². The Bertz CT molecular complexity index is 314. The van der Waals surface area contributed by atoms with Crippen molar-refractivity contribution in [2.24, 2.45) is 0 Å². The molecule has 88 valence electrons. The fourth-order valence-electron chi connectivity index (χ4n) is 2.30. The lowest BCUT2D eigenvalue weighted by atomic mass is 10.1. The maximum absolute atomic E-state index is 3.79. The Kier molecular flexibility index (Phi) is 5.00. The average Bonchev–Trinajstić information content (AvgIpc) is 2.25. The standard InChI is InChI=1S/C15H24Si/c1-6-14-7-9-15(10-8-14)11-16(12(2)3)13(4)5/h6-10,12-13,16H,1,11H2,2-5H3. The summed E-state index contributed by atoms with van der Waals surface area (Å²) in [5.41, 5.74) is 4.50. The van der Waals surface area contributed by atoms with Crippen LogP contribution in [0.3, 0.4) is 0 Å². The molecule has 0 spiro atoms. The summed E-state index contributed by atoms with van der Waals surface area (Å²) < 4.78 is 0. The molecule has 0 fully saturated rings. The third kappa shape index (κ3) is 3.64. The van der Waals surface area contributed by atoms with E-state index in [0.29, 0.717) is 0 Å². The largest absolute Gasteiger partial charge is 0.0985 e. The minimum atomic E-state index is -0.657. The minimum absolute atomic E-state index is 0.657. The second kappa shape index (κ2) is 6.05. The number of hydrogen-bond acceptors (Lipinski definition) is 0. The van der Waals surface area contributed by atoms with E-state index in [4.69, 9.17) is 0 Å². The van der Waals surface area contributed by atoms with Crippen LogP contribution in [0.1, 0.15) is 38.8 Å². The summed E-state index contributed by atoms with van der Waals surface area (Å²) in [6.07, 6.45) is 1.91. The van der Waals surface area contributed by atoms with E-state index in [1.54, 1.807) is 0 Å². The Morgan fingerprint density at radius 1 is 1.06 bits per heavy atom. The molecule has 1 aromatic rings. The molecular formula is C15H24Si. The van der Waals surface area contributed by atoms with Gasteiger partial charge in [-0.3, -0.25) is 0 Å². The topological polar surface area (TPSA) is 0 Å². The maximum atomic E-state index is 3.79. The summed E-state index contributed by atoms with van der Waals surface area (Å²) in [5, 5.41) is 0. The second-order valence-corrected chi connectivity index (χ2v) is 9.70. The van der Waals surface area contributed by atoms with E-state index in [2.05, 4.69) is 58.5 Å². The first kappa shape index (κ1) is 13.2. The molecule has 0 N–H and O–H groups in total. The highest BCUT2D eigenvalue weighted by Gasteiger charge is 2.19. The molecule has 0 atom stereocenters. The Labute approximate surface area is 102 Å². The van der Waals surface area contributed by atoms with Gasteiger partial charge in [-0.25, -0.2) is 0 Å². The molecular weight excluding hydrogens is 208 g/mol. The van der Waals surface area contributed by atoms with Crippen LogP contribution in [0.5, 0.6) is 0 Å². The zero-order valence-corrected chi connectivity index (χ0v) is 12.2. The van der Waals surface area contributed by atoms with E-state index in [1.807, 2.05) is 6.08 Å². The summed E-state index contributed by atoms with van der Waals surface area (Å²) in [6, 6.07) is 10.2. The first-order valence-corrected chi connectivity index (χ1v) is 8.41. The van der Waals surface area contributed by atoms with Crippen molar-refractivity contribution in [1.29, 1.82) is 0 Å². The quantitative estimate of drug-likeness (QED) is 0.658. The van der Waals surface area contributed by atoms with Crippen molar-refractivity contribution < 1.29 is 0 Å². The molecule has 0 aliphatic carbocycles. The Morgan fingerprint density at radius 2 is 1.56 bits per heavy atom. The molecule has 0 heterocycles. The van der Waals surface area contributed by atoms with Crippen LogP contribution in [0.15, 0.2) is 30.8 Å². The summed E-state index contributed by atoms with van der Waals surface area (Å²) >= 11 is 0. The highest BCUT2D eigenvalue weighted by molar-refractivity contribution is 6.61. The predicted molar refractivity (Wildman–Crippen MR) is 77.6 cm³/mol. The van der Waals surface area contributed by atoms with Crippen LogP contribution in [-0.2, 0) is 6.04 Å². The SMILES string of the molecule is C=Cc1ccc(C[SiH](C(C)C)C(C)C)cc1. The summed E-state index contributed by atoms with van der Waals surface area (Å²) in [6.45, 7) is 13.3. The normalized spacial score (nSPS) is 11.4. The molecule has 0 saturated heterocycles. The summed E-state index contributed by atoms with van der Waals surface area (Å²) in [7, 11) is -0.657. The molecule has 0 aromatic heterocycles. The van der Waals surface area contributed by atoms with E-state index in [9.17, 15) is 0 Å². The fourth-order valence-corrected chi connectivity index (χ4v) is 5.60. The van der Waals surface area contributed by atoms with Crippen molar-refractivity contribution in [2.75, 3.05) is 0 Å².